The van der Waals surface area contributed by atoms with Crippen molar-refractivity contribution in [2.75, 3.05) is 0 Å². The predicted octanol–water partition coefficient (Wildman–Crippen LogP) is 7.18. The maximum absolute atomic E-state index is 2.68. The van der Waals surface area contributed by atoms with Crippen LogP contribution in [0.2, 0.25) is 0 Å². The van der Waals surface area contributed by atoms with Gasteiger partial charge in [0.15, 0.2) is 0 Å². The molecule has 4 saturated carbocycles. The lowest BCUT2D eigenvalue weighted by Gasteiger charge is -2.66. The average Bonchev–Trinajstić information content (AvgIpc) is 2.86. The van der Waals surface area contributed by atoms with Crippen molar-refractivity contribution in [2.24, 2.45) is 52.3 Å². The van der Waals surface area contributed by atoms with Crippen molar-refractivity contribution in [2.45, 2.75) is 93.4 Å². The molecule has 0 aromatic carbocycles. The summed E-state index contributed by atoms with van der Waals surface area (Å²) in [7, 11) is 0. The minimum absolute atomic E-state index is 0.688. The Morgan fingerprint density at radius 3 is 2.00 bits per heavy atom. The van der Waals surface area contributed by atoms with Crippen molar-refractivity contribution < 1.29 is 0 Å². The van der Waals surface area contributed by atoms with Gasteiger partial charge in [-0.25, -0.2) is 0 Å². The van der Waals surface area contributed by atoms with E-state index in [1.807, 2.05) is 13.8 Å². The van der Waals surface area contributed by atoms with Crippen molar-refractivity contribution in [3.05, 3.63) is 0 Å². The summed E-state index contributed by atoms with van der Waals surface area (Å²) in [4.78, 5) is 0. The van der Waals surface area contributed by atoms with Gasteiger partial charge in [-0.15, -0.1) is 0 Å². The smallest absolute Gasteiger partial charge is 0.0261 e. The molecule has 0 aliphatic heterocycles. The minimum atomic E-state index is 0.688. The molecule has 0 heterocycles. The van der Waals surface area contributed by atoms with Crippen molar-refractivity contribution in [3.8, 4) is 0 Å². The Morgan fingerprint density at radius 1 is 0.783 bits per heavy atom. The van der Waals surface area contributed by atoms with Crippen LogP contribution in [-0.4, -0.2) is 0 Å². The Bertz CT molecular complexity index is 424. The first-order valence-corrected chi connectivity index (χ1v) is 10.9. The lowest BCUT2D eigenvalue weighted by molar-refractivity contribution is -0.169. The van der Waals surface area contributed by atoms with Crippen LogP contribution in [-0.2, 0) is 0 Å². The third-order valence-electron chi connectivity index (χ3n) is 9.27. The molecule has 0 bridgehead atoms. The number of rotatable bonds is 1. The molecule has 0 nitrogen and oxygen atoms in total. The van der Waals surface area contributed by atoms with Gasteiger partial charge in [0, 0.05) is 0 Å². The van der Waals surface area contributed by atoms with E-state index < -0.39 is 0 Å². The van der Waals surface area contributed by atoms with Crippen LogP contribution in [0.15, 0.2) is 0 Å². The third-order valence-corrected chi connectivity index (χ3v) is 9.27. The van der Waals surface area contributed by atoms with Gasteiger partial charge in [0.2, 0.25) is 0 Å². The summed E-state index contributed by atoms with van der Waals surface area (Å²) in [5.41, 5.74) is 1.42. The van der Waals surface area contributed by atoms with Gasteiger partial charge in [0.05, 0.1) is 0 Å². The quantitative estimate of drug-likeness (QED) is 0.480. The molecule has 0 radical (unpaired) electrons. The fourth-order valence-corrected chi connectivity index (χ4v) is 8.53. The molecule has 134 valence electrons. The maximum atomic E-state index is 2.68. The van der Waals surface area contributed by atoms with Crippen molar-refractivity contribution in [1.29, 1.82) is 0 Å². The van der Waals surface area contributed by atoms with Crippen molar-refractivity contribution in [3.63, 3.8) is 0 Å². The number of hydrogen-bond acceptors (Lipinski definition) is 0. The van der Waals surface area contributed by atoms with E-state index in [-0.39, 0.29) is 0 Å². The molecule has 0 amide bonds. The molecule has 8 atom stereocenters. The second-order valence-corrected chi connectivity index (χ2v) is 10.2. The van der Waals surface area contributed by atoms with Gasteiger partial charge >= 0.3 is 0 Å². The van der Waals surface area contributed by atoms with Crippen molar-refractivity contribution in [1.82, 2.24) is 0 Å². The lowest BCUT2D eigenvalue weighted by Crippen LogP contribution is -2.58. The van der Waals surface area contributed by atoms with Gasteiger partial charge in [-0.2, -0.15) is 0 Å². The van der Waals surface area contributed by atoms with E-state index >= 15 is 0 Å². The number of fused-ring (bicyclic) bond motifs is 5. The first kappa shape index (κ1) is 17.8. The highest BCUT2D eigenvalue weighted by atomic mass is 14.7. The van der Waals surface area contributed by atoms with Crippen molar-refractivity contribution >= 4 is 0 Å². The van der Waals surface area contributed by atoms with E-state index in [0.29, 0.717) is 5.41 Å². The van der Waals surface area contributed by atoms with Gasteiger partial charge < -0.3 is 0 Å². The zero-order valence-corrected chi connectivity index (χ0v) is 17.0. The third kappa shape index (κ3) is 2.36. The average molecular weight is 319 g/mol. The molecule has 0 aromatic heterocycles. The molecular formula is C23H42. The summed E-state index contributed by atoms with van der Waals surface area (Å²) in [6, 6.07) is 0. The van der Waals surface area contributed by atoms with Crippen LogP contribution in [0.3, 0.4) is 0 Å². The zero-order valence-electron chi connectivity index (χ0n) is 17.0. The fourth-order valence-electron chi connectivity index (χ4n) is 8.53. The second-order valence-electron chi connectivity index (χ2n) is 10.2. The van der Waals surface area contributed by atoms with Crippen LogP contribution in [0.5, 0.6) is 0 Å². The first-order chi connectivity index (χ1) is 10.9. The summed E-state index contributed by atoms with van der Waals surface area (Å²) >= 11 is 0. The van der Waals surface area contributed by atoms with Crippen LogP contribution >= 0.6 is 0 Å². The predicted molar refractivity (Wildman–Crippen MR) is 101 cm³/mol. The summed E-state index contributed by atoms with van der Waals surface area (Å²) < 4.78 is 0. The topological polar surface area (TPSA) is 0 Å². The highest BCUT2D eigenvalue weighted by molar-refractivity contribution is 5.12. The van der Waals surface area contributed by atoms with Gasteiger partial charge in [-0.1, -0.05) is 48.5 Å². The normalized spacial score (nSPS) is 54.3. The Kier molecular flexibility index (Phi) is 4.70. The molecule has 8 unspecified atom stereocenters. The van der Waals surface area contributed by atoms with Crippen LogP contribution < -0.4 is 0 Å². The number of hydrogen-bond donors (Lipinski definition) is 0. The molecule has 0 spiro atoms. The van der Waals surface area contributed by atoms with Crippen LogP contribution in [0.1, 0.15) is 93.4 Å². The zero-order chi connectivity index (χ0) is 17.0. The monoisotopic (exact) mass is 318 g/mol. The Balaban J connectivity index is 0.000000753. The standard InChI is InChI=1S/C21H36.C2H6/c1-13(2)16-8-9-18-15-6-7-17-14(3)12-21(17,5)19(15)10-11-20(16,18)4;1-2/h13-19H,6-12H2,1-5H3;1-2H3. The van der Waals surface area contributed by atoms with E-state index in [1.165, 1.54) is 12.8 Å². The summed E-state index contributed by atoms with van der Waals surface area (Å²) in [5, 5.41) is 0. The molecule has 23 heavy (non-hydrogen) atoms. The highest BCUT2D eigenvalue weighted by Crippen LogP contribution is 2.71. The Morgan fingerprint density at radius 2 is 1.39 bits per heavy atom. The van der Waals surface area contributed by atoms with E-state index in [1.54, 1.807) is 32.1 Å². The molecule has 0 N–H and O–H groups in total. The van der Waals surface area contributed by atoms with Gasteiger partial charge in [-0.05, 0) is 97.2 Å². The summed E-state index contributed by atoms with van der Waals surface area (Å²) in [6.07, 6.45) is 10.8. The fraction of sp³-hybridized carbons (Fsp3) is 1.00. The first-order valence-electron chi connectivity index (χ1n) is 10.9. The molecule has 0 saturated heterocycles. The maximum Gasteiger partial charge on any atom is -0.0261 e. The Labute approximate surface area is 146 Å². The van der Waals surface area contributed by atoms with Gasteiger partial charge in [0.25, 0.3) is 0 Å². The van der Waals surface area contributed by atoms with Crippen LogP contribution in [0.25, 0.3) is 0 Å². The molecule has 4 aliphatic rings. The molecule has 4 rings (SSSR count). The minimum Gasteiger partial charge on any atom is -0.0683 e. The van der Waals surface area contributed by atoms with E-state index in [4.69, 9.17) is 0 Å². The largest absolute Gasteiger partial charge is 0.0683 e. The SMILES string of the molecule is CC.CC(C)C1CCC2C3CCC4C(C)CC4(C)C3CCC12C. The highest BCUT2D eigenvalue weighted by Gasteiger charge is 2.63. The second kappa shape index (κ2) is 6.06. The molecule has 4 aliphatic carbocycles. The van der Waals surface area contributed by atoms with E-state index in [9.17, 15) is 0 Å². The summed E-state index contributed by atoms with van der Waals surface area (Å²) in [6.45, 7) is 16.8. The van der Waals surface area contributed by atoms with Crippen LogP contribution in [0.4, 0.5) is 0 Å². The van der Waals surface area contributed by atoms with Gasteiger partial charge in [0.1, 0.15) is 0 Å². The molecular weight excluding hydrogens is 276 g/mol. The lowest BCUT2D eigenvalue weighted by atomic mass is 9.39. The van der Waals surface area contributed by atoms with E-state index in [2.05, 4.69) is 34.6 Å². The molecule has 0 aromatic rings. The Hall–Kier alpha value is 0. The molecule has 4 fully saturated rings. The summed E-state index contributed by atoms with van der Waals surface area (Å²) in [5.74, 6) is 7.23. The van der Waals surface area contributed by atoms with E-state index in [0.717, 1.165) is 46.8 Å². The molecule has 0 heteroatoms. The van der Waals surface area contributed by atoms with Gasteiger partial charge in [-0.3, -0.25) is 0 Å². The van der Waals surface area contributed by atoms with Crippen LogP contribution in [0, 0.1) is 52.3 Å².